The van der Waals surface area contributed by atoms with Crippen molar-refractivity contribution in [2.75, 3.05) is 6.54 Å². The molecule has 0 aliphatic heterocycles. The molecule has 84 valence electrons. The first-order chi connectivity index (χ1) is 7.90. The molecule has 2 heterocycles. The van der Waals surface area contributed by atoms with Crippen LogP contribution < -0.4 is 5.32 Å². The van der Waals surface area contributed by atoms with Crippen LogP contribution in [0.15, 0.2) is 29.1 Å². The molecule has 0 bridgehead atoms. The molecule has 0 unspecified atom stereocenters. The van der Waals surface area contributed by atoms with Gasteiger partial charge in [0.2, 0.25) is 0 Å². The van der Waals surface area contributed by atoms with Gasteiger partial charge in [-0.2, -0.15) is 11.3 Å². The molecule has 0 fully saturated rings. The number of hydrogen-bond donors (Lipinski definition) is 1. The second kappa shape index (κ2) is 5.72. The van der Waals surface area contributed by atoms with Gasteiger partial charge in [-0.1, -0.05) is 6.92 Å². The van der Waals surface area contributed by atoms with Crippen LogP contribution in [0.1, 0.15) is 19.0 Å². The summed E-state index contributed by atoms with van der Waals surface area (Å²) in [6, 6.07) is 4.00. The molecule has 0 aromatic carbocycles. The van der Waals surface area contributed by atoms with Crippen LogP contribution in [0.4, 0.5) is 0 Å². The van der Waals surface area contributed by atoms with Gasteiger partial charge >= 0.3 is 0 Å². The number of nitrogens with zero attached hydrogens (tertiary/aromatic N) is 2. The largest absolute Gasteiger partial charge is 0.311 e. The maximum Gasteiger partial charge on any atom is 0.160 e. The van der Waals surface area contributed by atoms with E-state index in [0.717, 1.165) is 36.6 Å². The minimum atomic E-state index is 0.813. The lowest BCUT2D eigenvalue weighted by Crippen LogP contribution is -2.15. The van der Waals surface area contributed by atoms with Crippen LogP contribution in [0.3, 0.4) is 0 Å². The van der Waals surface area contributed by atoms with Crippen LogP contribution in [-0.2, 0) is 6.54 Å². The van der Waals surface area contributed by atoms with Crippen LogP contribution in [0.25, 0.3) is 11.4 Å². The fraction of sp³-hybridized carbons (Fsp3) is 0.333. The predicted molar refractivity (Wildman–Crippen MR) is 67.3 cm³/mol. The van der Waals surface area contributed by atoms with E-state index in [4.69, 9.17) is 0 Å². The Hall–Kier alpha value is -1.26. The Morgan fingerprint density at radius 1 is 1.38 bits per heavy atom. The number of rotatable bonds is 5. The third kappa shape index (κ3) is 2.87. The van der Waals surface area contributed by atoms with Crippen molar-refractivity contribution < 1.29 is 0 Å². The van der Waals surface area contributed by atoms with Gasteiger partial charge in [0.25, 0.3) is 0 Å². The van der Waals surface area contributed by atoms with Gasteiger partial charge in [0.05, 0.1) is 5.69 Å². The summed E-state index contributed by atoms with van der Waals surface area (Å²) in [6.07, 6.45) is 2.96. The van der Waals surface area contributed by atoms with Gasteiger partial charge in [0.15, 0.2) is 5.82 Å². The van der Waals surface area contributed by atoms with E-state index in [2.05, 4.69) is 27.6 Å². The highest BCUT2D eigenvalue weighted by atomic mass is 32.1. The normalized spacial score (nSPS) is 10.6. The lowest BCUT2D eigenvalue weighted by Gasteiger charge is -2.03. The van der Waals surface area contributed by atoms with Gasteiger partial charge in [-0.05, 0) is 30.5 Å². The van der Waals surface area contributed by atoms with E-state index in [-0.39, 0.29) is 0 Å². The Morgan fingerprint density at radius 3 is 3.06 bits per heavy atom. The van der Waals surface area contributed by atoms with Crippen molar-refractivity contribution in [3.8, 4) is 11.4 Å². The maximum absolute atomic E-state index is 4.52. The highest BCUT2D eigenvalue weighted by molar-refractivity contribution is 7.08. The summed E-state index contributed by atoms with van der Waals surface area (Å²) in [4.78, 5) is 8.80. The van der Waals surface area contributed by atoms with E-state index < -0.39 is 0 Å². The van der Waals surface area contributed by atoms with Crippen molar-refractivity contribution in [1.29, 1.82) is 0 Å². The van der Waals surface area contributed by atoms with Crippen LogP contribution in [-0.4, -0.2) is 16.5 Å². The molecule has 0 spiro atoms. The smallest absolute Gasteiger partial charge is 0.160 e. The average Bonchev–Trinajstić information content (AvgIpc) is 2.83. The van der Waals surface area contributed by atoms with Crippen molar-refractivity contribution in [2.45, 2.75) is 19.9 Å². The molecule has 2 aromatic rings. The summed E-state index contributed by atoms with van der Waals surface area (Å²) in [6.45, 7) is 4.00. The maximum atomic E-state index is 4.52. The number of nitrogens with one attached hydrogen (secondary N) is 1. The van der Waals surface area contributed by atoms with E-state index in [1.165, 1.54) is 0 Å². The summed E-state index contributed by atoms with van der Waals surface area (Å²) < 4.78 is 0. The summed E-state index contributed by atoms with van der Waals surface area (Å²) in [5, 5.41) is 7.45. The van der Waals surface area contributed by atoms with Crippen molar-refractivity contribution >= 4 is 11.3 Å². The second-order valence-electron chi connectivity index (χ2n) is 3.56. The average molecular weight is 233 g/mol. The molecule has 0 saturated carbocycles. The van der Waals surface area contributed by atoms with E-state index >= 15 is 0 Å². The SMILES string of the molecule is CCCNCc1ccnc(-c2ccsc2)n1. The van der Waals surface area contributed by atoms with Gasteiger partial charge in [0.1, 0.15) is 0 Å². The van der Waals surface area contributed by atoms with E-state index in [0.29, 0.717) is 0 Å². The van der Waals surface area contributed by atoms with Gasteiger partial charge < -0.3 is 5.32 Å². The molecular weight excluding hydrogens is 218 g/mol. The zero-order valence-electron chi connectivity index (χ0n) is 9.31. The molecule has 0 saturated heterocycles. The summed E-state index contributed by atoms with van der Waals surface area (Å²) in [5.41, 5.74) is 2.15. The standard InChI is InChI=1S/C12H15N3S/c1-2-5-13-8-11-3-6-14-12(15-11)10-4-7-16-9-10/h3-4,6-7,9,13H,2,5,8H2,1H3. The number of aromatic nitrogens is 2. The molecule has 0 aliphatic carbocycles. The Balaban J connectivity index is 2.08. The van der Waals surface area contributed by atoms with E-state index in [9.17, 15) is 0 Å². The van der Waals surface area contributed by atoms with Crippen molar-refractivity contribution in [3.05, 3.63) is 34.8 Å². The third-order valence-corrected chi connectivity index (χ3v) is 2.91. The first-order valence-corrected chi connectivity index (χ1v) is 6.39. The molecule has 2 rings (SSSR count). The van der Waals surface area contributed by atoms with Gasteiger partial charge in [-0.3, -0.25) is 0 Å². The zero-order valence-corrected chi connectivity index (χ0v) is 10.1. The minimum absolute atomic E-state index is 0.813. The summed E-state index contributed by atoms with van der Waals surface area (Å²) in [5.74, 6) is 0.817. The molecule has 3 nitrogen and oxygen atoms in total. The van der Waals surface area contributed by atoms with Crippen molar-refractivity contribution in [3.63, 3.8) is 0 Å². The highest BCUT2D eigenvalue weighted by Crippen LogP contribution is 2.17. The van der Waals surface area contributed by atoms with Crippen LogP contribution in [0.5, 0.6) is 0 Å². The molecule has 4 heteroatoms. The lowest BCUT2D eigenvalue weighted by molar-refractivity contribution is 0.663. The summed E-state index contributed by atoms with van der Waals surface area (Å²) in [7, 11) is 0. The number of thiophene rings is 1. The topological polar surface area (TPSA) is 37.8 Å². The van der Waals surface area contributed by atoms with E-state index in [1.807, 2.05) is 23.7 Å². The molecule has 0 atom stereocenters. The first-order valence-electron chi connectivity index (χ1n) is 5.45. The van der Waals surface area contributed by atoms with Crippen LogP contribution >= 0.6 is 11.3 Å². The van der Waals surface area contributed by atoms with Gasteiger partial charge in [-0.25, -0.2) is 9.97 Å². The molecule has 0 amide bonds. The molecular formula is C12H15N3S. The van der Waals surface area contributed by atoms with E-state index in [1.54, 1.807) is 11.3 Å². The van der Waals surface area contributed by atoms with Gasteiger partial charge in [0, 0.05) is 23.7 Å². The Bertz CT molecular complexity index is 426. The molecule has 0 aliphatic rings. The fourth-order valence-electron chi connectivity index (χ4n) is 1.42. The molecule has 1 N–H and O–H groups in total. The predicted octanol–water partition coefficient (Wildman–Crippen LogP) is 2.70. The molecule has 0 radical (unpaired) electrons. The Labute approximate surface area is 99.6 Å². The fourth-order valence-corrected chi connectivity index (χ4v) is 2.05. The van der Waals surface area contributed by atoms with Crippen molar-refractivity contribution in [1.82, 2.24) is 15.3 Å². The first kappa shape index (κ1) is 11.2. The highest BCUT2D eigenvalue weighted by Gasteiger charge is 2.02. The quantitative estimate of drug-likeness (QED) is 0.807. The Kier molecular flexibility index (Phi) is 4.02. The molecule has 16 heavy (non-hydrogen) atoms. The Morgan fingerprint density at radius 2 is 2.31 bits per heavy atom. The lowest BCUT2D eigenvalue weighted by atomic mass is 10.3. The van der Waals surface area contributed by atoms with Crippen LogP contribution in [0.2, 0.25) is 0 Å². The zero-order chi connectivity index (χ0) is 11.2. The monoisotopic (exact) mass is 233 g/mol. The summed E-state index contributed by atoms with van der Waals surface area (Å²) >= 11 is 1.67. The van der Waals surface area contributed by atoms with Gasteiger partial charge in [-0.15, -0.1) is 0 Å². The second-order valence-corrected chi connectivity index (χ2v) is 4.34. The molecule has 2 aromatic heterocycles. The minimum Gasteiger partial charge on any atom is -0.311 e. The number of hydrogen-bond acceptors (Lipinski definition) is 4. The van der Waals surface area contributed by atoms with Crippen molar-refractivity contribution in [2.24, 2.45) is 0 Å². The van der Waals surface area contributed by atoms with Crippen LogP contribution in [0, 0.1) is 0 Å². The third-order valence-electron chi connectivity index (χ3n) is 2.23.